The molecule has 0 aromatic heterocycles. The standard InChI is InChI=1S/C22H34N4O/c1-15-11-16(2)14-26(13-15)22(25-21-10-5-4-9-20(21)23)24-19-8-6-7-18(12-19)17(3)27/h6-8,12,15-16,20-21H,4-5,9-11,13-14,23H2,1-3H3,(H,24,25)/t15?,16?,20-,21-/m0/s1. The van der Waals surface area contributed by atoms with E-state index in [4.69, 9.17) is 10.7 Å². The first-order valence-corrected chi connectivity index (χ1v) is 10.4. The van der Waals surface area contributed by atoms with Crippen LogP contribution in [0, 0.1) is 11.8 Å². The smallest absolute Gasteiger partial charge is 0.198 e. The van der Waals surface area contributed by atoms with E-state index in [2.05, 4.69) is 24.1 Å². The number of anilines is 1. The predicted octanol–water partition coefficient (Wildman–Crippen LogP) is 3.90. The van der Waals surface area contributed by atoms with Gasteiger partial charge in [0.25, 0.3) is 0 Å². The Morgan fingerprint density at radius 2 is 1.89 bits per heavy atom. The number of nitrogens with two attached hydrogens (primary N) is 1. The monoisotopic (exact) mass is 370 g/mol. The van der Waals surface area contributed by atoms with Crippen molar-refractivity contribution in [3.05, 3.63) is 29.8 Å². The van der Waals surface area contributed by atoms with Gasteiger partial charge in [0.05, 0.1) is 6.04 Å². The molecule has 1 aliphatic carbocycles. The van der Waals surface area contributed by atoms with Crippen molar-refractivity contribution in [3.63, 3.8) is 0 Å². The molecule has 0 radical (unpaired) electrons. The minimum absolute atomic E-state index is 0.0756. The molecule has 5 heteroatoms. The van der Waals surface area contributed by atoms with E-state index in [1.807, 2.05) is 24.3 Å². The highest BCUT2D eigenvalue weighted by molar-refractivity contribution is 5.98. The van der Waals surface area contributed by atoms with Crippen LogP contribution in [-0.2, 0) is 0 Å². The van der Waals surface area contributed by atoms with E-state index >= 15 is 0 Å². The summed E-state index contributed by atoms with van der Waals surface area (Å²) in [6, 6.07) is 8.00. The van der Waals surface area contributed by atoms with Gasteiger partial charge in [-0.15, -0.1) is 0 Å². The van der Waals surface area contributed by atoms with Crippen LogP contribution in [0.3, 0.4) is 0 Å². The Kier molecular flexibility index (Phi) is 6.53. The number of carbonyl (C=O) groups excluding carboxylic acids is 1. The van der Waals surface area contributed by atoms with Crippen molar-refractivity contribution >= 4 is 17.4 Å². The van der Waals surface area contributed by atoms with Crippen LogP contribution >= 0.6 is 0 Å². The van der Waals surface area contributed by atoms with Crippen LogP contribution in [0.4, 0.5) is 5.69 Å². The van der Waals surface area contributed by atoms with Gasteiger partial charge in [-0.05, 0) is 50.2 Å². The van der Waals surface area contributed by atoms with E-state index in [1.54, 1.807) is 6.92 Å². The van der Waals surface area contributed by atoms with Gasteiger partial charge in [0.1, 0.15) is 0 Å². The van der Waals surface area contributed by atoms with E-state index in [-0.39, 0.29) is 17.9 Å². The van der Waals surface area contributed by atoms with Gasteiger partial charge in [-0.1, -0.05) is 38.8 Å². The molecule has 1 aromatic rings. The average Bonchev–Trinajstić information content (AvgIpc) is 2.62. The third-order valence-corrected chi connectivity index (χ3v) is 5.76. The molecule has 1 saturated heterocycles. The summed E-state index contributed by atoms with van der Waals surface area (Å²) in [5.74, 6) is 2.27. The zero-order chi connectivity index (χ0) is 19.4. The molecule has 4 atom stereocenters. The molecule has 0 spiro atoms. The largest absolute Gasteiger partial charge is 0.342 e. The van der Waals surface area contributed by atoms with E-state index in [0.29, 0.717) is 17.4 Å². The Bertz CT molecular complexity index is 677. The van der Waals surface area contributed by atoms with Crippen molar-refractivity contribution in [1.82, 2.24) is 4.90 Å². The van der Waals surface area contributed by atoms with Crippen LogP contribution in [0.1, 0.15) is 63.2 Å². The Morgan fingerprint density at radius 3 is 2.56 bits per heavy atom. The fraction of sp³-hybridized carbons (Fsp3) is 0.636. The maximum Gasteiger partial charge on any atom is 0.198 e. The summed E-state index contributed by atoms with van der Waals surface area (Å²) in [5.41, 5.74) is 8.00. The lowest BCUT2D eigenvalue weighted by molar-refractivity contribution is 0.101. The SMILES string of the molecule is CC(=O)c1cccc(NC(=N[C@H]2CCCC[C@@H]2N)N2CC(C)CC(C)C2)c1. The van der Waals surface area contributed by atoms with Crippen LogP contribution in [0.25, 0.3) is 0 Å². The van der Waals surface area contributed by atoms with Gasteiger partial charge in [-0.25, -0.2) is 4.99 Å². The molecule has 0 bridgehead atoms. The third kappa shape index (κ3) is 5.32. The topological polar surface area (TPSA) is 70.7 Å². The molecular weight excluding hydrogens is 336 g/mol. The Hall–Kier alpha value is -1.88. The van der Waals surface area contributed by atoms with Gasteiger partial charge in [0.2, 0.25) is 0 Å². The number of ketones is 1. The van der Waals surface area contributed by atoms with Crippen molar-refractivity contribution < 1.29 is 4.79 Å². The molecule has 0 amide bonds. The second kappa shape index (κ2) is 8.87. The highest BCUT2D eigenvalue weighted by Crippen LogP contribution is 2.25. The molecular formula is C22H34N4O. The summed E-state index contributed by atoms with van der Waals surface area (Å²) in [7, 11) is 0. The van der Waals surface area contributed by atoms with Crippen molar-refractivity contribution in [2.24, 2.45) is 22.6 Å². The Balaban J connectivity index is 1.87. The van der Waals surface area contributed by atoms with Gasteiger partial charge in [0.15, 0.2) is 11.7 Å². The number of hydrogen-bond acceptors (Lipinski definition) is 3. The zero-order valence-electron chi connectivity index (χ0n) is 16.9. The van der Waals surface area contributed by atoms with Crippen LogP contribution < -0.4 is 11.1 Å². The lowest BCUT2D eigenvalue weighted by Gasteiger charge is -2.38. The molecule has 2 fully saturated rings. The van der Waals surface area contributed by atoms with Crippen molar-refractivity contribution in [2.75, 3.05) is 18.4 Å². The molecule has 2 aliphatic rings. The number of nitrogens with zero attached hydrogens (tertiary/aromatic N) is 2. The second-order valence-corrected chi connectivity index (χ2v) is 8.58. The number of carbonyl (C=O) groups is 1. The summed E-state index contributed by atoms with van der Waals surface area (Å²) in [6.07, 6.45) is 5.76. The zero-order valence-corrected chi connectivity index (χ0v) is 16.9. The minimum atomic E-state index is 0.0756. The number of rotatable bonds is 3. The first-order chi connectivity index (χ1) is 12.9. The highest BCUT2D eigenvalue weighted by Gasteiger charge is 2.27. The van der Waals surface area contributed by atoms with E-state index in [1.165, 1.54) is 19.3 Å². The summed E-state index contributed by atoms with van der Waals surface area (Å²) in [4.78, 5) is 19.2. The van der Waals surface area contributed by atoms with Crippen molar-refractivity contribution in [3.8, 4) is 0 Å². The molecule has 1 aromatic carbocycles. The number of Topliss-reactive ketones (excluding diaryl/α,β-unsaturated/α-hetero) is 1. The number of nitrogens with one attached hydrogen (secondary N) is 1. The average molecular weight is 371 g/mol. The normalized spacial score (nSPS) is 29.5. The second-order valence-electron chi connectivity index (χ2n) is 8.58. The molecule has 5 nitrogen and oxygen atoms in total. The lowest BCUT2D eigenvalue weighted by Crippen LogP contribution is -2.47. The number of hydrogen-bond donors (Lipinski definition) is 2. The van der Waals surface area contributed by atoms with Crippen molar-refractivity contribution in [1.29, 1.82) is 0 Å². The molecule has 148 valence electrons. The van der Waals surface area contributed by atoms with E-state index < -0.39 is 0 Å². The fourth-order valence-electron chi connectivity index (χ4n) is 4.43. The first kappa shape index (κ1) is 19.9. The van der Waals surface area contributed by atoms with Crippen LogP contribution in [-0.4, -0.2) is 41.8 Å². The molecule has 3 rings (SSSR count). The van der Waals surface area contributed by atoms with E-state index in [9.17, 15) is 4.79 Å². The summed E-state index contributed by atoms with van der Waals surface area (Å²) >= 11 is 0. The number of likely N-dealkylation sites (tertiary alicyclic amines) is 1. The summed E-state index contributed by atoms with van der Waals surface area (Å²) in [5, 5.41) is 3.52. The lowest BCUT2D eigenvalue weighted by atomic mass is 9.91. The van der Waals surface area contributed by atoms with Crippen LogP contribution in [0.2, 0.25) is 0 Å². The summed E-state index contributed by atoms with van der Waals surface area (Å²) in [6.45, 7) is 8.23. The number of guanidine groups is 1. The maximum absolute atomic E-state index is 11.7. The van der Waals surface area contributed by atoms with Gasteiger partial charge < -0.3 is 16.0 Å². The predicted molar refractivity (Wildman–Crippen MR) is 112 cm³/mol. The van der Waals surface area contributed by atoms with Gasteiger partial charge in [-0.2, -0.15) is 0 Å². The summed E-state index contributed by atoms with van der Waals surface area (Å²) < 4.78 is 0. The number of piperidine rings is 1. The van der Waals surface area contributed by atoms with Gasteiger partial charge in [-0.3, -0.25) is 4.79 Å². The Morgan fingerprint density at radius 1 is 1.19 bits per heavy atom. The van der Waals surface area contributed by atoms with Gasteiger partial charge >= 0.3 is 0 Å². The van der Waals surface area contributed by atoms with Crippen molar-refractivity contribution in [2.45, 2.75) is 65.0 Å². The molecule has 3 N–H and O–H groups in total. The first-order valence-electron chi connectivity index (χ1n) is 10.4. The molecule has 1 saturated carbocycles. The number of aliphatic imine (C=N–C) groups is 1. The molecule has 2 unspecified atom stereocenters. The maximum atomic E-state index is 11.7. The van der Waals surface area contributed by atoms with Crippen LogP contribution in [0.5, 0.6) is 0 Å². The van der Waals surface area contributed by atoms with Crippen LogP contribution in [0.15, 0.2) is 29.3 Å². The highest BCUT2D eigenvalue weighted by atomic mass is 16.1. The molecule has 1 heterocycles. The fourth-order valence-corrected chi connectivity index (χ4v) is 4.43. The molecule has 1 aliphatic heterocycles. The molecule has 27 heavy (non-hydrogen) atoms. The minimum Gasteiger partial charge on any atom is -0.342 e. The third-order valence-electron chi connectivity index (χ3n) is 5.76. The number of benzene rings is 1. The van der Waals surface area contributed by atoms with Gasteiger partial charge in [0, 0.05) is 30.4 Å². The van der Waals surface area contributed by atoms with E-state index in [0.717, 1.165) is 37.6 Å². The quantitative estimate of drug-likeness (QED) is 0.481. The Labute approximate surface area is 163 Å².